The molecule has 2 heterocycles. The first-order valence-electron chi connectivity index (χ1n) is 14.1. The van der Waals surface area contributed by atoms with Crippen molar-refractivity contribution in [2.45, 2.75) is 90.2 Å². The molecular formula is C29H37ClN4O7. The number of ketones is 1. The van der Waals surface area contributed by atoms with Crippen molar-refractivity contribution >= 4 is 46.9 Å². The predicted octanol–water partition coefficient (Wildman–Crippen LogP) is 5.54. The number of cyclic esters (lactones) is 1. The molecule has 12 heteroatoms. The molecule has 1 aromatic carbocycles. The Hall–Kier alpha value is -3.73. The van der Waals surface area contributed by atoms with Crippen LogP contribution >= 0.6 is 11.6 Å². The number of nitrogens with one attached hydrogen (secondary N) is 2. The number of Topliss-reactive ketones (excluding diaryl/α,β-unsaturated/α-hetero) is 1. The Bertz CT molecular complexity index is 1220. The van der Waals surface area contributed by atoms with Gasteiger partial charge in [-0.2, -0.15) is 0 Å². The van der Waals surface area contributed by atoms with Gasteiger partial charge in [-0.25, -0.2) is 14.7 Å². The second-order valence-electron chi connectivity index (χ2n) is 9.96. The number of amides is 4. The summed E-state index contributed by atoms with van der Waals surface area (Å²) in [5.74, 6) is -3.80. The molecule has 0 aliphatic carbocycles. The van der Waals surface area contributed by atoms with E-state index in [0.29, 0.717) is 11.4 Å². The van der Waals surface area contributed by atoms with Crippen LogP contribution in [0.5, 0.6) is 0 Å². The third-order valence-corrected chi connectivity index (χ3v) is 7.09. The second-order valence-corrected chi connectivity index (χ2v) is 10.4. The topological polar surface area (TPSA) is 148 Å². The normalized spacial score (nSPS) is 15.5. The van der Waals surface area contributed by atoms with Gasteiger partial charge in [-0.15, -0.1) is 0 Å². The number of hydrogen-bond donors (Lipinski definition) is 2. The summed E-state index contributed by atoms with van der Waals surface area (Å²) in [4.78, 5) is 68.1. The van der Waals surface area contributed by atoms with E-state index in [-0.39, 0.29) is 22.2 Å². The molecule has 11 nitrogen and oxygen atoms in total. The van der Waals surface area contributed by atoms with Crippen molar-refractivity contribution in [1.82, 2.24) is 15.2 Å². The summed E-state index contributed by atoms with van der Waals surface area (Å²) in [5.41, 5.74) is 0.249. The molecule has 1 aliphatic heterocycles. The molecule has 0 saturated carbocycles. The van der Waals surface area contributed by atoms with Crippen LogP contribution in [0.25, 0.3) is 0 Å². The first-order chi connectivity index (χ1) is 19.7. The lowest BCUT2D eigenvalue weighted by molar-refractivity contribution is -0.133. The van der Waals surface area contributed by atoms with Gasteiger partial charge >= 0.3 is 6.09 Å². The Labute approximate surface area is 244 Å². The van der Waals surface area contributed by atoms with E-state index in [9.17, 15) is 24.0 Å². The van der Waals surface area contributed by atoms with Crippen LogP contribution in [0.2, 0.25) is 5.02 Å². The van der Waals surface area contributed by atoms with Gasteiger partial charge in [-0.3, -0.25) is 19.2 Å². The molecule has 3 rings (SSSR count). The number of imide groups is 1. The molecule has 0 radical (unpaired) electrons. The number of aromatic nitrogens is 1. The lowest BCUT2D eigenvalue weighted by Crippen LogP contribution is -2.52. The van der Waals surface area contributed by atoms with E-state index >= 15 is 0 Å². The molecule has 1 fully saturated rings. The molecule has 4 amide bonds. The van der Waals surface area contributed by atoms with E-state index in [4.69, 9.17) is 20.8 Å². The fourth-order valence-electron chi connectivity index (χ4n) is 4.47. The van der Waals surface area contributed by atoms with E-state index < -0.39 is 41.7 Å². The molecule has 2 atom stereocenters. The van der Waals surface area contributed by atoms with Crippen LogP contribution in [0.15, 0.2) is 35.1 Å². The number of unbranched alkanes of at least 4 members (excludes halogenated alkanes) is 9. The Morgan fingerprint density at radius 3 is 2.27 bits per heavy atom. The van der Waals surface area contributed by atoms with Gasteiger partial charge in [0.2, 0.25) is 5.78 Å². The summed E-state index contributed by atoms with van der Waals surface area (Å²) < 4.78 is 9.87. The molecule has 0 bridgehead atoms. The molecule has 1 aliphatic rings. The lowest BCUT2D eigenvalue weighted by Gasteiger charge is -2.21. The Kier molecular flexibility index (Phi) is 12.3. The predicted molar refractivity (Wildman–Crippen MR) is 152 cm³/mol. The minimum absolute atomic E-state index is 0.0153. The molecule has 1 aromatic heterocycles. The third-order valence-electron chi connectivity index (χ3n) is 6.76. The molecule has 1 saturated heterocycles. The summed E-state index contributed by atoms with van der Waals surface area (Å²) >= 11 is 6.26. The zero-order valence-electron chi connectivity index (χ0n) is 23.4. The Morgan fingerprint density at radius 2 is 1.68 bits per heavy atom. The highest BCUT2D eigenvalue weighted by atomic mass is 35.5. The molecule has 222 valence electrons. The van der Waals surface area contributed by atoms with E-state index in [1.807, 2.05) is 0 Å². The minimum atomic E-state index is -1.97. The summed E-state index contributed by atoms with van der Waals surface area (Å²) in [6.45, 7) is 4.04. The average molecular weight is 589 g/mol. The van der Waals surface area contributed by atoms with Gasteiger partial charge in [0.05, 0.1) is 16.9 Å². The number of carbonyl (C=O) groups is 5. The lowest BCUT2D eigenvalue weighted by atomic mass is 10.1. The Balaban J connectivity index is 1.57. The SMILES string of the molecule is CCCCCCCCCCCCNC(=O)c1ccc(Cl)c(NC(=O)C(C(=O)c2ncco2)N2C(=O)OC(C)C2=O)c1. The second kappa shape index (κ2) is 15.9. The van der Waals surface area contributed by atoms with Crippen molar-refractivity contribution in [3.8, 4) is 0 Å². The van der Waals surface area contributed by atoms with Gasteiger partial charge in [0.25, 0.3) is 23.6 Å². The average Bonchev–Trinajstić information content (AvgIpc) is 3.57. The van der Waals surface area contributed by atoms with Crippen molar-refractivity contribution in [3.63, 3.8) is 0 Å². The highest BCUT2D eigenvalue weighted by Crippen LogP contribution is 2.26. The van der Waals surface area contributed by atoms with E-state index in [0.717, 1.165) is 25.5 Å². The summed E-state index contributed by atoms with van der Waals surface area (Å²) in [6.07, 6.45) is 11.8. The zero-order valence-corrected chi connectivity index (χ0v) is 24.2. The van der Waals surface area contributed by atoms with Gasteiger partial charge in [0, 0.05) is 12.1 Å². The first kappa shape index (κ1) is 31.8. The monoisotopic (exact) mass is 588 g/mol. The van der Waals surface area contributed by atoms with Gasteiger partial charge in [0.1, 0.15) is 6.26 Å². The number of nitrogens with zero attached hydrogens (tertiary/aromatic N) is 2. The van der Waals surface area contributed by atoms with Gasteiger partial charge in [-0.05, 0) is 31.5 Å². The maximum absolute atomic E-state index is 13.3. The van der Waals surface area contributed by atoms with E-state index in [1.54, 1.807) is 0 Å². The highest BCUT2D eigenvalue weighted by Gasteiger charge is 2.49. The molecule has 41 heavy (non-hydrogen) atoms. The van der Waals surface area contributed by atoms with E-state index in [1.165, 1.54) is 76.3 Å². The van der Waals surface area contributed by atoms with Gasteiger partial charge < -0.3 is 19.8 Å². The number of ether oxygens (including phenoxy) is 1. The smallest absolute Gasteiger partial charge is 0.418 e. The number of anilines is 1. The fourth-order valence-corrected chi connectivity index (χ4v) is 4.64. The Morgan fingerprint density at radius 1 is 1.02 bits per heavy atom. The van der Waals surface area contributed by atoms with Crippen LogP contribution in [-0.4, -0.2) is 58.2 Å². The molecule has 2 aromatic rings. The molecule has 2 N–H and O–H groups in total. The number of benzene rings is 1. The van der Waals surface area contributed by atoms with Crippen molar-refractivity contribution in [1.29, 1.82) is 0 Å². The number of rotatable bonds is 17. The number of carbonyl (C=O) groups excluding carboxylic acids is 5. The highest BCUT2D eigenvalue weighted by molar-refractivity contribution is 6.34. The quantitative estimate of drug-likeness (QED) is 0.139. The van der Waals surface area contributed by atoms with Crippen LogP contribution in [0.1, 0.15) is 99.1 Å². The van der Waals surface area contributed by atoms with Crippen molar-refractivity contribution in [3.05, 3.63) is 47.1 Å². The first-order valence-corrected chi connectivity index (χ1v) is 14.5. The minimum Gasteiger partial charge on any atom is -0.442 e. The van der Waals surface area contributed by atoms with Crippen LogP contribution in [-0.2, 0) is 14.3 Å². The summed E-state index contributed by atoms with van der Waals surface area (Å²) in [5, 5.41) is 5.39. The van der Waals surface area contributed by atoms with Gasteiger partial charge in [-0.1, -0.05) is 76.3 Å². The number of halogens is 1. The van der Waals surface area contributed by atoms with Crippen LogP contribution in [0.4, 0.5) is 10.5 Å². The third kappa shape index (κ3) is 8.88. The number of oxazole rings is 1. The molecular weight excluding hydrogens is 552 g/mol. The van der Waals surface area contributed by atoms with Crippen molar-refractivity contribution in [2.75, 3.05) is 11.9 Å². The maximum atomic E-state index is 13.3. The van der Waals surface area contributed by atoms with Crippen LogP contribution in [0.3, 0.4) is 0 Å². The standard InChI is InChI=1S/C29H37ClN4O7/c1-3-4-5-6-7-8-9-10-11-12-15-31-25(36)20-13-14-21(30)22(18-20)33-26(37)23(24(35)27-32-16-17-40-27)34-28(38)19(2)41-29(34)39/h13-14,16-19,23H,3-12,15H2,1-2H3,(H,31,36)(H,33,37). The maximum Gasteiger partial charge on any atom is 0.418 e. The van der Waals surface area contributed by atoms with Crippen LogP contribution < -0.4 is 10.6 Å². The zero-order chi connectivity index (χ0) is 29.8. The summed E-state index contributed by atoms with van der Waals surface area (Å²) in [7, 11) is 0. The van der Waals surface area contributed by atoms with Gasteiger partial charge in [0.15, 0.2) is 12.1 Å². The summed E-state index contributed by atoms with van der Waals surface area (Å²) in [6, 6.07) is 2.32. The fraction of sp³-hybridized carbons (Fsp3) is 0.517. The number of hydrogen-bond acceptors (Lipinski definition) is 8. The molecule has 2 unspecified atom stereocenters. The van der Waals surface area contributed by atoms with Crippen LogP contribution in [0, 0.1) is 0 Å². The van der Waals surface area contributed by atoms with Crippen molar-refractivity contribution in [2.24, 2.45) is 0 Å². The van der Waals surface area contributed by atoms with Crippen molar-refractivity contribution < 1.29 is 33.1 Å². The largest absolute Gasteiger partial charge is 0.442 e. The van der Waals surface area contributed by atoms with E-state index in [2.05, 4.69) is 22.5 Å². The molecule has 0 spiro atoms.